The minimum Gasteiger partial charge on any atom is -0.394 e. The molecule has 0 spiro atoms. The van der Waals surface area contributed by atoms with Crippen molar-refractivity contribution in [2.75, 3.05) is 19.8 Å². The quantitative estimate of drug-likeness (QED) is 0.596. The van der Waals surface area contributed by atoms with Gasteiger partial charge in [-0.15, -0.1) is 0 Å². The summed E-state index contributed by atoms with van der Waals surface area (Å²) >= 11 is 0. The molecule has 22 heavy (non-hydrogen) atoms. The van der Waals surface area contributed by atoms with Gasteiger partial charge in [-0.1, -0.05) is 20.8 Å². The monoisotopic (exact) mass is 318 g/mol. The van der Waals surface area contributed by atoms with Crippen LogP contribution in [-0.4, -0.2) is 48.8 Å². The van der Waals surface area contributed by atoms with Crippen LogP contribution in [0.3, 0.4) is 0 Å². The molecular weight excluding hydrogens is 280 g/mol. The summed E-state index contributed by atoms with van der Waals surface area (Å²) in [6.07, 6.45) is 1.05. The maximum absolute atomic E-state index is 8.92. The molecule has 0 aliphatic rings. The molecule has 0 aromatic carbocycles. The average Bonchev–Trinajstić information content (AvgIpc) is 2.41. The van der Waals surface area contributed by atoms with Crippen LogP contribution in [0.5, 0.6) is 0 Å². The maximum Gasteiger partial charge on any atom is 0.0788 e. The number of ether oxygens (including phenoxy) is 3. The highest BCUT2D eigenvalue weighted by atomic mass is 16.6. The van der Waals surface area contributed by atoms with Gasteiger partial charge in [0, 0.05) is 0 Å². The van der Waals surface area contributed by atoms with Gasteiger partial charge in [0.2, 0.25) is 0 Å². The molecule has 0 fully saturated rings. The molecule has 134 valence electrons. The predicted octanol–water partition coefficient (Wildman–Crippen LogP) is 3.65. The Kier molecular flexibility index (Phi) is 10.5. The minimum absolute atomic E-state index is 0.00347. The van der Waals surface area contributed by atoms with Crippen LogP contribution in [0.2, 0.25) is 0 Å². The molecule has 0 aromatic heterocycles. The van der Waals surface area contributed by atoms with Gasteiger partial charge < -0.3 is 19.3 Å². The SMILES string of the molecule is CC(C)CC(C)C(C)(C)OC(C)COC(C)COC(C)CO. The Morgan fingerprint density at radius 1 is 0.818 bits per heavy atom. The number of aliphatic hydroxyl groups excluding tert-OH is 1. The summed E-state index contributed by atoms with van der Waals surface area (Å²) in [5, 5.41) is 8.92. The third-order valence-electron chi connectivity index (χ3n) is 4.00. The lowest BCUT2D eigenvalue weighted by molar-refractivity contribution is -0.135. The Balaban J connectivity index is 4.08. The van der Waals surface area contributed by atoms with Crippen molar-refractivity contribution in [2.24, 2.45) is 11.8 Å². The predicted molar refractivity (Wildman–Crippen MR) is 91.2 cm³/mol. The van der Waals surface area contributed by atoms with Gasteiger partial charge >= 0.3 is 0 Å². The lowest BCUT2D eigenvalue weighted by Gasteiger charge is -2.36. The molecule has 0 saturated heterocycles. The zero-order chi connectivity index (χ0) is 17.3. The molecule has 0 heterocycles. The zero-order valence-corrected chi connectivity index (χ0v) is 15.9. The zero-order valence-electron chi connectivity index (χ0n) is 15.9. The van der Waals surface area contributed by atoms with Crippen molar-refractivity contribution >= 4 is 0 Å². The van der Waals surface area contributed by atoms with E-state index in [2.05, 4.69) is 34.6 Å². The molecule has 0 saturated carbocycles. The molecular formula is C18H38O4. The second kappa shape index (κ2) is 10.6. The Bertz CT molecular complexity index is 278. The summed E-state index contributed by atoms with van der Waals surface area (Å²) in [7, 11) is 0. The number of aliphatic hydroxyl groups is 1. The molecule has 4 unspecified atom stereocenters. The Hall–Kier alpha value is -0.160. The van der Waals surface area contributed by atoms with E-state index in [4.69, 9.17) is 19.3 Å². The summed E-state index contributed by atoms with van der Waals surface area (Å²) in [6, 6.07) is 0. The second-order valence-electron chi connectivity index (χ2n) is 7.53. The van der Waals surface area contributed by atoms with E-state index in [1.807, 2.05) is 20.8 Å². The highest BCUT2D eigenvalue weighted by Gasteiger charge is 2.29. The van der Waals surface area contributed by atoms with Gasteiger partial charge in [-0.05, 0) is 52.9 Å². The highest BCUT2D eigenvalue weighted by molar-refractivity contribution is 4.78. The Morgan fingerprint density at radius 2 is 1.32 bits per heavy atom. The largest absolute Gasteiger partial charge is 0.394 e. The van der Waals surface area contributed by atoms with Crippen LogP contribution in [-0.2, 0) is 14.2 Å². The summed E-state index contributed by atoms with van der Waals surface area (Å²) < 4.78 is 17.4. The average molecular weight is 318 g/mol. The van der Waals surface area contributed by atoms with Crippen LogP contribution in [0.25, 0.3) is 0 Å². The van der Waals surface area contributed by atoms with E-state index < -0.39 is 0 Å². The molecule has 0 aliphatic carbocycles. The summed E-state index contributed by atoms with van der Waals surface area (Å²) in [5.74, 6) is 1.18. The van der Waals surface area contributed by atoms with E-state index >= 15 is 0 Å². The third kappa shape index (κ3) is 9.78. The summed E-state index contributed by atoms with van der Waals surface area (Å²) in [5.41, 5.74) is -0.155. The molecule has 0 rings (SSSR count). The van der Waals surface area contributed by atoms with E-state index in [0.717, 1.165) is 6.42 Å². The molecule has 4 atom stereocenters. The fraction of sp³-hybridized carbons (Fsp3) is 1.00. The Morgan fingerprint density at radius 3 is 1.82 bits per heavy atom. The van der Waals surface area contributed by atoms with Crippen LogP contribution in [0.4, 0.5) is 0 Å². The molecule has 0 amide bonds. The Labute approximate surface area is 137 Å². The van der Waals surface area contributed by atoms with Crippen molar-refractivity contribution in [1.29, 1.82) is 0 Å². The van der Waals surface area contributed by atoms with Crippen LogP contribution >= 0.6 is 0 Å². The van der Waals surface area contributed by atoms with E-state index in [9.17, 15) is 0 Å². The van der Waals surface area contributed by atoms with Crippen molar-refractivity contribution in [3.05, 3.63) is 0 Å². The lowest BCUT2D eigenvalue weighted by atomic mass is 9.85. The van der Waals surface area contributed by atoms with Crippen LogP contribution in [0.1, 0.15) is 61.8 Å². The van der Waals surface area contributed by atoms with Crippen LogP contribution < -0.4 is 0 Å². The van der Waals surface area contributed by atoms with Crippen molar-refractivity contribution in [3.63, 3.8) is 0 Å². The van der Waals surface area contributed by atoms with Crippen LogP contribution in [0, 0.1) is 11.8 Å². The van der Waals surface area contributed by atoms with Gasteiger partial charge in [-0.25, -0.2) is 0 Å². The van der Waals surface area contributed by atoms with Crippen LogP contribution in [0.15, 0.2) is 0 Å². The molecule has 4 nitrogen and oxygen atoms in total. The van der Waals surface area contributed by atoms with Gasteiger partial charge in [0.1, 0.15) is 0 Å². The molecule has 1 N–H and O–H groups in total. The molecule has 4 heteroatoms. The number of hydrogen-bond acceptors (Lipinski definition) is 4. The van der Waals surface area contributed by atoms with E-state index in [0.29, 0.717) is 25.0 Å². The van der Waals surface area contributed by atoms with Gasteiger partial charge in [0.15, 0.2) is 0 Å². The number of hydrogen-bond donors (Lipinski definition) is 1. The summed E-state index contributed by atoms with van der Waals surface area (Å²) in [4.78, 5) is 0. The van der Waals surface area contributed by atoms with Gasteiger partial charge in [0.25, 0.3) is 0 Å². The third-order valence-corrected chi connectivity index (χ3v) is 4.00. The normalized spacial score (nSPS) is 18.3. The highest BCUT2D eigenvalue weighted by Crippen LogP contribution is 2.28. The first-order valence-corrected chi connectivity index (χ1v) is 8.60. The van der Waals surface area contributed by atoms with E-state index in [-0.39, 0.29) is 30.5 Å². The lowest BCUT2D eigenvalue weighted by Crippen LogP contribution is -2.38. The minimum atomic E-state index is -0.155. The first-order chi connectivity index (χ1) is 10.1. The standard InChI is InChI=1S/C18H38O4/c1-13(2)9-14(3)18(7,8)22-17(6)12-21-16(5)11-20-15(4)10-19/h13-17,19H,9-12H2,1-8H3. The molecule has 0 bridgehead atoms. The van der Waals surface area contributed by atoms with Crippen molar-refractivity contribution in [1.82, 2.24) is 0 Å². The van der Waals surface area contributed by atoms with Gasteiger partial charge in [-0.3, -0.25) is 0 Å². The van der Waals surface area contributed by atoms with E-state index in [1.54, 1.807) is 0 Å². The fourth-order valence-corrected chi connectivity index (χ4v) is 2.36. The van der Waals surface area contributed by atoms with Gasteiger partial charge in [-0.2, -0.15) is 0 Å². The van der Waals surface area contributed by atoms with E-state index in [1.165, 1.54) is 0 Å². The summed E-state index contributed by atoms with van der Waals surface area (Å²) in [6.45, 7) is 18.0. The van der Waals surface area contributed by atoms with Gasteiger partial charge in [0.05, 0.1) is 43.7 Å². The molecule has 0 aromatic rings. The topological polar surface area (TPSA) is 47.9 Å². The second-order valence-corrected chi connectivity index (χ2v) is 7.53. The van der Waals surface area contributed by atoms with Crippen molar-refractivity contribution < 1.29 is 19.3 Å². The van der Waals surface area contributed by atoms with Crippen molar-refractivity contribution in [2.45, 2.75) is 85.7 Å². The number of rotatable bonds is 12. The van der Waals surface area contributed by atoms with Crippen molar-refractivity contribution in [3.8, 4) is 0 Å². The maximum atomic E-state index is 8.92. The first-order valence-electron chi connectivity index (χ1n) is 8.60. The fourth-order valence-electron chi connectivity index (χ4n) is 2.36. The first kappa shape index (κ1) is 21.8. The molecule has 0 aliphatic heterocycles. The smallest absolute Gasteiger partial charge is 0.0788 e. The molecule has 0 radical (unpaired) electrons.